The summed E-state index contributed by atoms with van der Waals surface area (Å²) in [5.74, 6) is 0. The molecule has 2 aromatic heterocycles. The molecular formula is C18H24N4O. The normalized spacial score (nSPS) is 9.74. The van der Waals surface area contributed by atoms with Crippen molar-refractivity contribution in [2.24, 2.45) is 0 Å². The Balaban J connectivity index is 0.000000238. The Morgan fingerprint density at radius 1 is 0.957 bits per heavy atom. The molecule has 122 valence electrons. The minimum absolute atomic E-state index is 0.190. The van der Waals surface area contributed by atoms with E-state index in [1.807, 2.05) is 43.3 Å². The highest BCUT2D eigenvalue weighted by atomic mass is 16.2. The van der Waals surface area contributed by atoms with Crippen LogP contribution in [0.25, 0.3) is 0 Å². The number of nitrogens with one attached hydrogen (secondary N) is 2. The summed E-state index contributed by atoms with van der Waals surface area (Å²) in [4.78, 5) is 8.42. The van der Waals surface area contributed by atoms with Crippen LogP contribution in [0.1, 0.15) is 43.0 Å². The lowest BCUT2D eigenvalue weighted by Crippen LogP contribution is -2.00. The first-order chi connectivity index (χ1) is 10.9. The first kappa shape index (κ1) is 18.6. The van der Waals surface area contributed by atoms with Crippen molar-refractivity contribution < 1.29 is 5.11 Å². The molecule has 0 aliphatic heterocycles. The molecule has 0 spiro atoms. The monoisotopic (exact) mass is 312 g/mol. The van der Waals surface area contributed by atoms with Gasteiger partial charge in [0.25, 0.3) is 0 Å². The highest BCUT2D eigenvalue weighted by molar-refractivity contribution is 5.94. The van der Waals surface area contributed by atoms with Crippen LogP contribution in [0.4, 0.5) is 0 Å². The Hall–Kier alpha value is -2.40. The molecule has 0 saturated carbocycles. The van der Waals surface area contributed by atoms with Gasteiger partial charge in [0, 0.05) is 18.0 Å². The second-order valence-electron chi connectivity index (χ2n) is 5.26. The third-order valence-corrected chi connectivity index (χ3v) is 3.05. The van der Waals surface area contributed by atoms with E-state index in [1.165, 1.54) is 0 Å². The van der Waals surface area contributed by atoms with E-state index in [0.717, 1.165) is 35.6 Å². The van der Waals surface area contributed by atoms with Crippen LogP contribution < -0.4 is 0 Å². The summed E-state index contributed by atoms with van der Waals surface area (Å²) in [6, 6.07) is 11.3. The maximum absolute atomic E-state index is 8.64. The number of hydrogen-bond acceptors (Lipinski definition) is 5. The van der Waals surface area contributed by atoms with Gasteiger partial charge in [-0.1, -0.05) is 12.1 Å². The summed E-state index contributed by atoms with van der Waals surface area (Å²) in [6.45, 7) is 5.57. The lowest BCUT2D eigenvalue weighted by Gasteiger charge is -2.01. The van der Waals surface area contributed by atoms with E-state index in [2.05, 4.69) is 9.97 Å². The maximum Gasteiger partial charge on any atom is 0.0837 e. The van der Waals surface area contributed by atoms with Crippen molar-refractivity contribution in [1.82, 2.24) is 9.97 Å². The minimum Gasteiger partial charge on any atom is -0.396 e. The molecular weight excluding hydrogens is 288 g/mol. The molecule has 0 fully saturated rings. The maximum atomic E-state index is 8.64. The second-order valence-corrected chi connectivity index (χ2v) is 5.26. The average molecular weight is 312 g/mol. The van der Waals surface area contributed by atoms with Crippen molar-refractivity contribution in [3.05, 3.63) is 59.2 Å². The first-order valence-corrected chi connectivity index (χ1v) is 7.55. The zero-order valence-corrected chi connectivity index (χ0v) is 13.9. The smallest absolute Gasteiger partial charge is 0.0837 e. The number of aryl methyl sites for hydroxylation is 2. The molecule has 0 atom stereocenters. The van der Waals surface area contributed by atoms with Gasteiger partial charge in [-0.25, -0.2) is 0 Å². The summed E-state index contributed by atoms with van der Waals surface area (Å²) >= 11 is 0. The molecule has 0 radical (unpaired) electrons. The molecule has 3 N–H and O–H groups in total. The van der Waals surface area contributed by atoms with Gasteiger partial charge in [-0.05, 0) is 57.9 Å². The average Bonchev–Trinajstić information content (AvgIpc) is 2.53. The van der Waals surface area contributed by atoms with Crippen LogP contribution in [-0.2, 0) is 6.42 Å². The molecule has 0 amide bonds. The van der Waals surface area contributed by atoms with Crippen molar-refractivity contribution in [3.8, 4) is 0 Å². The van der Waals surface area contributed by atoms with Gasteiger partial charge in [-0.2, -0.15) is 0 Å². The summed E-state index contributed by atoms with van der Waals surface area (Å²) in [7, 11) is 0. The number of rotatable bonds is 5. The molecule has 2 rings (SSSR count). The highest BCUT2D eigenvalue weighted by Crippen LogP contribution is 2.02. The first-order valence-electron chi connectivity index (χ1n) is 7.55. The molecule has 0 aliphatic carbocycles. The van der Waals surface area contributed by atoms with Gasteiger partial charge in [0.05, 0.1) is 22.8 Å². The van der Waals surface area contributed by atoms with Gasteiger partial charge in [-0.15, -0.1) is 0 Å². The Kier molecular flexibility index (Phi) is 7.77. The number of pyridine rings is 2. The molecule has 0 unspecified atom stereocenters. The van der Waals surface area contributed by atoms with Gasteiger partial charge >= 0.3 is 0 Å². The standard InChI is InChI=1S/C10H14N2O.C8H10N2/c1-8(11)10-6-2-4-9(12-10)5-3-7-13;1-6-4-3-5-8(10-6)7(2)9/h2,4,6,11,13H,3,5,7H2,1H3;3-5,9H,1-2H3. The third-order valence-electron chi connectivity index (χ3n) is 3.05. The summed E-state index contributed by atoms with van der Waals surface area (Å²) < 4.78 is 0. The van der Waals surface area contributed by atoms with Crippen LogP contribution in [0.3, 0.4) is 0 Å². The molecule has 0 aliphatic rings. The van der Waals surface area contributed by atoms with Crippen LogP contribution >= 0.6 is 0 Å². The van der Waals surface area contributed by atoms with Gasteiger partial charge in [-0.3, -0.25) is 9.97 Å². The Morgan fingerprint density at radius 2 is 1.52 bits per heavy atom. The molecule has 0 saturated heterocycles. The summed E-state index contributed by atoms with van der Waals surface area (Å²) in [5, 5.41) is 23.3. The second kappa shape index (κ2) is 9.58. The Labute approximate surface area is 137 Å². The van der Waals surface area contributed by atoms with E-state index in [9.17, 15) is 0 Å². The van der Waals surface area contributed by atoms with Crippen molar-refractivity contribution in [3.63, 3.8) is 0 Å². The van der Waals surface area contributed by atoms with E-state index in [4.69, 9.17) is 15.9 Å². The molecule has 5 nitrogen and oxygen atoms in total. The van der Waals surface area contributed by atoms with Crippen LogP contribution in [0.2, 0.25) is 0 Å². The molecule has 2 heterocycles. The zero-order valence-electron chi connectivity index (χ0n) is 13.9. The number of hydrogen-bond donors (Lipinski definition) is 3. The number of aliphatic hydroxyl groups is 1. The summed E-state index contributed by atoms with van der Waals surface area (Å²) in [5.41, 5.74) is 4.38. The van der Waals surface area contributed by atoms with Gasteiger partial charge in [0.2, 0.25) is 0 Å². The van der Waals surface area contributed by atoms with Gasteiger partial charge < -0.3 is 15.9 Å². The lowest BCUT2D eigenvalue weighted by molar-refractivity contribution is 0.288. The lowest BCUT2D eigenvalue weighted by atomic mass is 10.2. The van der Waals surface area contributed by atoms with Crippen LogP contribution in [0, 0.1) is 17.7 Å². The fourth-order valence-electron chi connectivity index (χ4n) is 1.84. The fourth-order valence-corrected chi connectivity index (χ4v) is 1.84. The van der Waals surface area contributed by atoms with E-state index >= 15 is 0 Å². The van der Waals surface area contributed by atoms with E-state index in [1.54, 1.807) is 13.8 Å². The van der Waals surface area contributed by atoms with Gasteiger partial charge in [0.15, 0.2) is 0 Å². The van der Waals surface area contributed by atoms with Crippen molar-refractivity contribution in [2.75, 3.05) is 6.61 Å². The molecule has 2 aromatic rings. The van der Waals surface area contributed by atoms with Crippen LogP contribution in [0.5, 0.6) is 0 Å². The van der Waals surface area contributed by atoms with Crippen LogP contribution in [-0.4, -0.2) is 33.1 Å². The minimum atomic E-state index is 0.190. The third kappa shape index (κ3) is 6.93. The number of aliphatic hydroxyl groups excluding tert-OH is 1. The Bertz CT molecular complexity index is 668. The largest absolute Gasteiger partial charge is 0.396 e. The van der Waals surface area contributed by atoms with Crippen molar-refractivity contribution in [2.45, 2.75) is 33.6 Å². The quantitative estimate of drug-likeness (QED) is 0.740. The van der Waals surface area contributed by atoms with Crippen LogP contribution in [0.15, 0.2) is 36.4 Å². The van der Waals surface area contributed by atoms with E-state index in [-0.39, 0.29) is 6.61 Å². The van der Waals surface area contributed by atoms with Gasteiger partial charge in [0.1, 0.15) is 0 Å². The summed E-state index contributed by atoms with van der Waals surface area (Å²) in [6.07, 6.45) is 1.51. The molecule has 5 heteroatoms. The molecule has 0 aromatic carbocycles. The predicted molar refractivity (Wildman–Crippen MR) is 93.6 cm³/mol. The number of aromatic nitrogens is 2. The topological polar surface area (TPSA) is 93.7 Å². The Morgan fingerprint density at radius 3 is 2.00 bits per heavy atom. The molecule has 23 heavy (non-hydrogen) atoms. The van der Waals surface area contributed by atoms with Crippen molar-refractivity contribution >= 4 is 11.4 Å². The zero-order chi connectivity index (χ0) is 17.2. The SMILES string of the molecule is CC(=N)c1cccc(C)n1.CC(=N)c1cccc(CCCO)n1. The highest BCUT2D eigenvalue weighted by Gasteiger charge is 1.98. The predicted octanol–water partition coefficient (Wildman–Crippen LogP) is 3.17. The number of nitrogens with zero attached hydrogens (tertiary/aromatic N) is 2. The van der Waals surface area contributed by atoms with Crippen molar-refractivity contribution in [1.29, 1.82) is 10.8 Å². The van der Waals surface area contributed by atoms with E-state index in [0.29, 0.717) is 11.4 Å². The van der Waals surface area contributed by atoms with E-state index < -0.39 is 0 Å². The molecule has 0 bridgehead atoms. The fraction of sp³-hybridized carbons (Fsp3) is 0.333.